The van der Waals surface area contributed by atoms with Gasteiger partial charge in [-0.2, -0.15) is 0 Å². The second kappa shape index (κ2) is 68.8. The fraction of sp³-hybridized carbons (Fsp3) is 0.948. The van der Waals surface area contributed by atoms with Crippen molar-refractivity contribution in [3.63, 3.8) is 0 Å². The van der Waals surface area contributed by atoms with Crippen LogP contribution < -0.4 is 0 Å². The second-order valence-electron chi connectivity index (χ2n) is 28.5. The minimum absolute atomic E-state index is 0.102. The fourth-order valence-electron chi connectivity index (χ4n) is 11.8. The number of phosphoric acid groups is 2. The van der Waals surface area contributed by atoms with Crippen molar-refractivity contribution >= 4 is 39.5 Å². The Morgan fingerprint density at radius 3 is 0.792 bits per heavy atom. The third-order valence-corrected chi connectivity index (χ3v) is 20.2. The molecule has 19 heteroatoms. The smallest absolute Gasteiger partial charge is 0.462 e. The summed E-state index contributed by atoms with van der Waals surface area (Å²) in [4.78, 5) is 72.7. The highest BCUT2D eigenvalue weighted by Gasteiger charge is 2.30. The van der Waals surface area contributed by atoms with Crippen molar-refractivity contribution in [2.75, 3.05) is 39.6 Å². The maximum Gasteiger partial charge on any atom is 0.472 e. The number of rotatable bonds is 76. The first-order valence-electron chi connectivity index (χ1n) is 40.0. The molecule has 3 N–H and O–H groups in total. The molecule has 0 rings (SSSR count). The zero-order valence-electron chi connectivity index (χ0n) is 62.7. The molecule has 0 heterocycles. The summed E-state index contributed by atoms with van der Waals surface area (Å²) in [6.45, 7) is 9.46. The van der Waals surface area contributed by atoms with E-state index in [1.807, 2.05) is 0 Å². The third kappa shape index (κ3) is 69.2. The van der Waals surface area contributed by atoms with E-state index in [4.69, 9.17) is 37.0 Å². The predicted molar refractivity (Wildman–Crippen MR) is 391 cm³/mol. The van der Waals surface area contributed by atoms with E-state index in [-0.39, 0.29) is 25.7 Å². The van der Waals surface area contributed by atoms with Crippen molar-refractivity contribution in [2.45, 2.75) is 419 Å². The predicted octanol–water partition coefficient (Wildman–Crippen LogP) is 22.7. The lowest BCUT2D eigenvalue weighted by Gasteiger charge is -2.21. The number of carbonyl (C=O) groups excluding carboxylic acids is 4. The highest BCUT2D eigenvalue weighted by molar-refractivity contribution is 7.47. The van der Waals surface area contributed by atoms with E-state index in [1.165, 1.54) is 212 Å². The summed E-state index contributed by atoms with van der Waals surface area (Å²) >= 11 is 0. The van der Waals surface area contributed by atoms with Gasteiger partial charge in [0, 0.05) is 25.7 Å². The molecule has 0 bridgehead atoms. The second-order valence-corrected chi connectivity index (χ2v) is 31.4. The van der Waals surface area contributed by atoms with Gasteiger partial charge in [-0.1, -0.05) is 350 Å². The van der Waals surface area contributed by atoms with Crippen molar-refractivity contribution < 1.29 is 80.2 Å². The number of carbonyl (C=O) groups is 4. The molecule has 0 saturated heterocycles. The standard InChI is InChI=1S/C77H150O17P2/c1-7-10-12-14-16-18-20-22-24-25-26-27-28-29-30-32-34-36-38-40-49-55-61-76(81)93-72(65-87-74(79)59-53-47-39-37-35-33-31-23-21-19-17-15-13-11-8-2)67-91-95(83,84)89-63-71(78)64-90-96(85,86)92-68-73(66-88-75(80)60-54-48-43-41-45-51-57-69(4)5)94-77(82)62-56-50-44-42-46-52-58-70(6)9-3/h69-73,78H,7-68H2,1-6H3,(H,83,84)(H,85,86)/t70?,71-,72-,73-/m1/s1. The van der Waals surface area contributed by atoms with Crippen LogP contribution in [0.3, 0.4) is 0 Å². The van der Waals surface area contributed by atoms with Crippen LogP contribution in [0.1, 0.15) is 401 Å². The van der Waals surface area contributed by atoms with Gasteiger partial charge in [0.15, 0.2) is 12.2 Å². The molecule has 3 unspecified atom stereocenters. The molecule has 0 fully saturated rings. The van der Waals surface area contributed by atoms with Crippen LogP contribution in [0, 0.1) is 11.8 Å². The number of phosphoric ester groups is 2. The molecule has 0 amide bonds. The number of unbranched alkanes of at least 4 members (excludes halogenated alkanes) is 45. The van der Waals surface area contributed by atoms with Crippen molar-refractivity contribution in [3.05, 3.63) is 0 Å². The van der Waals surface area contributed by atoms with Crippen LogP contribution in [0.5, 0.6) is 0 Å². The lowest BCUT2D eigenvalue weighted by molar-refractivity contribution is -0.161. The molecule has 0 spiro atoms. The maximum atomic E-state index is 13.1. The lowest BCUT2D eigenvalue weighted by atomic mass is 10.00. The summed E-state index contributed by atoms with van der Waals surface area (Å²) in [5.74, 6) is -0.722. The first kappa shape index (κ1) is 94.1. The molecule has 0 aliphatic rings. The van der Waals surface area contributed by atoms with E-state index in [0.29, 0.717) is 31.6 Å². The monoisotopic (exact) mass is 1410 g/mol. The van der Waals surface area contributed by atoms with Gasteiger partial charge in [-0.05, 0) is 37.5 Å². The summed E-state index contributed by atoms with van der Waals surface area (Å²) in [6, 6.07) is 0. The van der Waals surface area contributed by atoms with E-state index in [0.717, 1.165) is 102 Å². The van der Waals surface area contributed by atoms with Crippen LogP contribution in [0.15, 0.2) is 0 Å². The van der Waals surface area contributed by atoms with Gasteiger partial charge in [0.2, 0.25) is 0 Å². The van der Waals surface area contributed by atoms with Crippen molar-refractivity contribution in [3.8, 4) is 0 Å². The maximum absolute atomic E-state index is 13.1. The van der Waals surface area contributed by atoms with Crippen molar-refractivity contribution in [2.24, 2.45) is 11.8 Å². The minimum atomic E-state index is -4.96. The third-order valence-electron chi connectivity index (χ3n) is 18.3. The molecule has 0 aromatic rings. The fourth-order valence-corrected chi connectivity index (χ4v) is 13.4. The largest absolute Gasteiger partial charge is 0.472 e. The molecule has 6 atom stereocenters. The van der Waals surface area contributed by atoms with E-state index in [2.05, 4.69) is 41.5 Å². The molecule has 0 aliphatic carbocycles. The first-order valence-corrected chi connectivity index (χ1v) is 43.0. The molecule has 570 valence electrons. The minimum Gasteiger partial charge on any atom is -0.462 e. The van der Waals surface area contributed by atoms with Gasteiger partial charge in [0.1, 0.15) is 19.3 Å². The SMILES string of the molecule is CCCCCCCCCCCCCCCCCCCCCCCCC(=O)O[C@H](COC(=O)CCCCCCCCCCCCCCCCC)COP(=O)(O)OC[C@@H](O)COP(=O)(O)OC[C@@H](COC(=O)CCCCCCCCC(C)C)OC(=O)CCCCCCCCC(C)CC. The summed E-state index contributed by atoms with van der Waals surface area (Å²) in [6.07, 6.45) is 57.3. The lowest BCUT2D eigenvalue weighted by Crippen LogP contribution is -2.30. The summed E-state index contributed by atoms with van der Waals surface area (Å²) in [5.41, 5.74) is 0. The van der Waals surface area contributed by atoms with E-state index < -0.39 is 97.5 Å². The molecule has 0 saturated carbocycles. The van der Waals surface area contributed by atoms with Gasteiger partial charge in [-0.15, -0.1) is 0 Å². The zero-order valence-corrected chi connectivity index (χ0v) is 64.5. The molecular weight excluding hydrogens is 1260 g/mol. The quantitative estimate of drug-likeness (QED) is 0.0222. The number of esters is 4. The van der Waals surface area contributed by atoms with Gasteiger partial charge < -0.3 is 33.8 Å². The number of aliphatic hydroxyl groups is 1. The summed E-state index contributed by atoms with van der Waals surface area (Å²) < 4.78 is 68.5. The van der Waals surface area contributed by atoms with Gasteiger partial charge in [-0.25, -0.2) is 9.13 Å². The van der Waals surface area contributed by atoms with Gasteiger partial charge >= 0.3 is 39.5 Å². The Morgan fingerprint density at radius 2 is 0.531 bits per heavy atom. The number of ether oxygens (including phenoxy) is 4. The van der Waals surface area contributed by atoms with E-state index >= 15 is 0 Å². The zero-order chi connectivity index (χ0) is 70.7. The van der Waals surface area contributed by atoms with Gasteiger partial charge in [-0.3, -0.25) is 37.3 Å². The number of aliphatic hydroxyl groups excluding tert-OH is 1. The molecular formula is C77H150O17P2. The Bertz CT molecular complexity index is 1860. The molecule has 0 aromatic heterocycles. The van der Waals surface area contributed by atoms with Crippen molar-refractivity contribution in [1.29, 1.82) is 0 Å². The van der Waals surface area contributed by atoms with E-state index in [9.17, 15) is 43.2 Å². The summed E-state index contributed by atoms with van der Waals surface area (Å²) in [5, 5.41) is 10.6. The number of hydrogen-bond donors (Lipinski definition) is 3. The van der Waals surface area contributed by atoms with Gasteiger partial charge in [0.25, 0.3) is 0 Å². The normalized spacial score (nSPS) is 14.3. The molecule has 96 heavy (non-hydrogen) atoms. The average Bonchev–Trinajstić information content (AvgIpc) is 1.81. The highest BCUT2D eigenvalue weighted by atomic mass is 31.2. The van der Waals surface area contributed by atoms with Crippen LogP contribution in [0.2, 0.25) is 0 Å². The summed E-state index contributed by atoms with van der Waals surface area (Å²) in [7, 11) is -9.91. The molecule has 0 radical (unpaired) electrons. The van der Waals surface area contributed by atoms with Crippen molar-refractivity contribution in [1.82, 2.24) is 0 Å². The Morgan fingerprint density at radius 1 is 0.302 bits per heavy atom. The molecule has 0 aromatic carbocycles. The highest BCUT2D eigenvalue weighted by Crippen LogP contribution is 2.45. The topological polar surface area (TPSA) is 237 Å². The van der Waals surface area contributed by atoms with Crippen LogP contribution in [0.4, 0.5) is 0 Å². The number of hydrogen-bond acceptors (Lipinski definition) is 15. The Labute approximate surface area is 588 Å². The Balaban J connectivity index is 5.17. The Hall–Kier alpha value is -1.94. The average molecular weight is 1410 g/mol. The Kier molecular flexibility index (Phi) is 67.4. The van der Waals surface area contributed by atoms with Gasteiger partial charge in [0.05, 0.1) is 26.4 Å². The molecule has 17 nitrogen and oxygen atoms in total. The van der Waals surface area contributed by atoms with Crippen LogP contribution in [-0.4, -0.2) is 96.7 Å². The van der Waals surface area contributed by atoms with Crippen LogP contribution in [-0.2, 0) is 65.4 Å². The first-order chi connectivity index (χ1) is 46.4. The van der Waals surface area contributed by atoms with Crippen LogP contribution >= 0.6 is 15.6 Å². The van der Waals surface area contributed by atoms with Crippen LogP contribution in [0.25, 0.3) is 0 Å². The molecule has 0 aliphatic heterocycles. The van der Waals surface area contributed by atoms with E-state index in [1.54, 1.807) is 0 Å².